The van der Waals surface area contributed by atoms with Crippen LogP contribution in [0.2, 0.25) is 0 Å². The molecule has 0 fully saturated rings. The normalized spacial score (nSPS) is 11.8. The number of nitrogens with zero attached hydrogens (tertiary/aromatic N) is 3. The van der Waals surface area contributed by atoms with E-state index in [0.717, 1.165) is 12.1 Å². The SMILES string of the molecule is COc1cc(C)c(S(=O)(=O)N(C)CCOCC(=O)N(C)Cc2cccc(CN(C)C)c2)c(C)c1. The summed E-state index contributed by atoms with van der Waals surface area (Å²) in [6.07, 6.45) is 0. The zero-order chi connectivity index (χ0) is 25.5. The molecule has 9 heteroatoms. The van der Waals surface area contributed by atoms with E-state index < -0.39 is 10.0 Å². The van der Waals surface area contributed by atoms with Gasteiger partial charge < -0.3 is 19.3 Å². The molecule has 2 aromatic carbocycles. The number of rotatable bonds is 12. The fourth-order valence-electron chi connectivity index (χ4n) is 3.73. The molecule has 188 valence electrons. The van der Waals surface area contributed by atoms with Gasteiger partial charge in [-0.1, -0.05) is 24.3 Å². The third-order valence-electron chi connectivity index (χ3n) is 5.45. The van der Waals surface area contributed by atoms with Gasteiger partial charge in [0.1, 0.15) is 12.4 Å². The molecule has 0 aliphatic heterocycles. The molecule has 0 unspecified atom stereocenters. The largest absolute Gasteiger partial charge is 0.497 e. The highest BCUT2D eigenvalue weighted by Crippen LogP contribution is 2.27. The molecular formula is C25H37N3O5S. The highest BCUT2D eigenvalue weighted by molar-refractivity contribution is 7.89. The summed E-state index contributed by atoms with van der Waals surface area (Å²) in [5.41, 5.74) is 3.48. The molecule has 0 bridgehead atoms. The lowest BCUT2D eigenvalue weighted by Crippen LogP contribution is -2.33. The zero-order valence-corrected chi connectivity index (χ0v) is 22.1. The van der Waals surface area contributed by atoms with Gasteiger partial charge in [0.2, 0.25) is 15.9 Å². The molecule has 0 saturated carbocycles. The number of sulfonamides is 1. The Hall–Kier alpha value is -2.46. The lowest BCUT2D eigenvalue weighted by Gasteiger charge is -2.21. The number of hydrogen-bond acceptors (Lipinski definition) is 6. The smallest absolute Gasteiger partial charge is 0.248 e. The molecule has 2 aromatic rings. The fraction of sp³-hybridized carbons (Fsp3) is 0.480. The first kappa shape index (κ1) is 27.8. The summed E-state index contributed by atoms with van der Waals surface area (Å²) >= 11 is 0. The van der Waals surface area contributed by atoms with E-state index in [0.29, 0.717) is 23.4 Å². The van der Waals surface area contributed by atoms with E-state index in [2.05, 4.69) is 17.0 Å². The van der Waals surface area contributed by atoms with E-state index >= 15 is 0 Å². The van der Waals surface area contributed by atoms with Crippen LogP contribution in [0.4, 0.5) is 0 Å². The number of amides is 1. The topological polar surface area (TPSA) is 79.4 Å². The van der Waals surface area contributed by atoms with Gasteiger partial charge in [-0.25, -0.2) is 8.42 Å². The Morgan fingerprint density at radius 3 is 2.09 bits per heavy atom. The van der Waals surface area contributed by atoms with Gasteiger partial charge >= 0.3 is 0 Å². The van der Waals surface area contributed by atoms with Crippen molar-refractivity contribution < 1.29 is 22.7 Å². The highest BCUT2D eigenvalue weighted by Gasteiger charge is 2.25. The number of aryl methyl sites for hydroxylation is 2. The molecule has 34 heavy (non-hydrogen) atoms. The van der Waals surface area contributed by atoms with Crippen molar-refractivity contribution in [3.63, 3.8) is 0 Å². The van der Waals surface area contributed by atoms with Crippen LogP contribution in [0.5, 0.6) is 5.75 Å². The van der Waals surface area contributed by atoms with Crippen LogP contribution in [0.3, 0.4) is 0 Å². The highest BCUT2D eigenvalue weighted by atomic mass is 32.2. The molecule has 0 spiro atoms. The van der Waals surface area contributed by atoms with E-state index in [1.165, 1.54) is 16.9 Å². The van der Waals surface area contributed by atoms with Crippen LogP contribution < -0.4 is 4.74 Å². The van der Waals surface area contributed by atoms with Crippen molar-refractivity contribution in [2.24, 2.45) is 0 Å². The van der Waals surface area contributed by atoms with Gasteiger partial charge in [-0.05, 0) is 62.3 Å². The molecule has 0 N–H and O–H groups in total. The Labute approximate surface area is 204 Å². The zero-order valence-electron chi connectivity index (χ0n) is 21.3. The van der Waals surface area contributed by atoms with Crippen LogP contribution in [0.15, 0.2) is 41.3 Å². The number of carbonyl (C=O) groups is 1. The second kappa shape index (κ2) is 12.3. The summed E-state index contributed by atoms with van der Waals surface area (Å²) in [6.45, 7) is 4.95. The molecule has 0 aliphatic carbocycles. The molecule has 1 amide bonds. The standard InChI is InChI=1S/C25H37N3O5S/c1-19-13-23(32-7)14-20(2)25(19)34(30,31)28(6)11-12-33-18-24(29)27(5)17-22-10-8-9-21(15-22)16-26(3)4/h8-10,13-15H,11-12,16-18H2,1-7H3. The Kier molecular flexibility index (Phi) is 10.1. The van der Waals surface area contributed by atoms with Crippen molar-refractivity contribution in [3.05, 3.63) is 58.7 Å². The third-order valence-corrected chi connectivity index (χ3v) is 7.61. The maximum absolute atomic E-state index is 13.1. The predicted molar refractivity (Wildman–Crippen MR) is 133 cm³/mol. The summed E-state index contributed by atoms with van der Waals surface area (Å²) < 4.78 is 38.1. The van der Waals surface area contributed by atoms with Crippen LogP contribution in [0.1, 0.15) is 22.3 Å². The number of methoxy groups -OCH3 is 1. The fourth-order valence-corrected chi connectivity index (χ4v) is 5.29. The van der Waals surface area contributed by atoms with Crippen molar-refractivity contribution in [1.29, 1.82) is 0 Å². The number of ether oxygens (including phenoxy) is 2. The van der Waals surface area contributed by atoms with Crippen LogP contribution in [-0.4, -0.2) is 83.5 Å². The molecular weight excluding hydrogens is 454 g/mol. The first-order chi connectivity index (χ1) is 15.9. The lowest BCUT2D eigenvalue weighted by molar-refractivity contribution is -0.135. The second-order valence-corrected chi connectivity index (χ2v) is 10.8. The van der Waals surface area contributed by atoms with Crippen molar-refractivity contribution >= 4 is 15.9 Å². The molecule has 8 nitrogen and oxygen atoms in total. The molecule has 0 aliphatic rings. The van der Waals surface area contributed by atoms with E-state index in [9.17, 15) is 13.2 Å². The molecule has 0 atom stereocenters. The molecule has 0 aromatic heterocycles. The second-order valence-electron chi connectivity index (χ2n) is 8.78. The van der Waals surface area contributed by atoms with E-state index in [1.807, 2.05) is 26.2 Å². The maximum atomic E-state index is 13.1. The summed E-state index contributed by atoms with van der Waals surface area (Å²) in [4.78, 5) is 16.4. The minimum atomic E-state index is -3.70. The molecule has 0 radical (unpaired) electrons. The van der Waals surface area contributed by atoms with E-state index in [1.54, 1.807) is 45.0 Å². The first-order valence-corrected chi connectivity index (χ1v) is 12.6. The van der Waals surface area contributed by atoms with Crippen molar-refractivity contribution in [3.8, 4) is 5.75 Å². The number of likely N-dealkylation sites (N-methyl/N-ethyl adjacent to an activating group) is 2. The van der Waals surface area contributed by atoms with Gasteiger partial charge in [0.25, 0.3) is 0 Å². The third kappa shape index (κ3) is 7.53. The van der Waals surface area contributed by atoms with Crippen molar-refractivity contribution in [2.45, 2.75) is 31.8 Å². The van der Waals surface area contributed by atoms with Crippen molar-refractivity contribution in [2.75, 3.05) is 55.1 Å². The average Bonchev–Trinajstić information content (AvgIpc) is 2.75. The Balaban J connectivity index is 1.87. The summed E-state index contributed by atoms with van der Waals surface area (Å²) in [5.74, 6) is 0.456. The van der Waals surface area contributed by atoms with Crippen LogP contribution >= 0.6 is 0 Å². The Morgan fingerprint density at radius 1 is 0.941 bits per heavy atom. The van der Waals surface area contributed by atoms with Crippen molar-refractivity contribution in [1.82, 2.24) is 14.1 Å². The monoisotopic (exact) mass is 491 g/mol. The molecule has 0 heterocycles. The molecule has 0 saturated heterocycles. The van der Waals surface area contributed by atoms with Gasteiger partial charge in [0, 0.05) is 33.7 Å². The predicted octanol–water partition coefficient (Wildman–Crippen LogP) is 2.67. The van der Waals surface area contributed by atoms with Gasteiger partial charge in [0.05, 0.1) is 18.6 Å². The summed E-state index contributed by atoms with van der Waals surface area (Å²) in [6, 6.07) is 11.5. The summed E-state index contributed by atoms with van der Waals surface area (Å²) in [5, 5.41) is 0. The summed E-state index contributed by atoms with van der Waals surface area (Å²) in [7, 11) is 5.13. The minimum absolute atomic E-state index is 0.109. The van der Waals surface area contributed by atoms with Gasteiger partial charge in [-0.3, -0.25) is 4.79 Å². The number of hydrogen-bond donors (Lipinski definition) is 0. The minimum Gasteiger partial charge on any atom is -0.497 e. The molecule has 2 rings (SSSR count). The van der Waals surface area contributed by atoms with Gasteiger partial charge in [0.15, 0.2) is 0 Å². The average molecular weight is 492 g/mol. The van der Waals surface area contributed by atoms with Gasteiger partial charge in [-0.15, -0.1) is 0 Å². The Bertz CT molecular complexity index is 1060. The van der Waals surface area contributed by atoms with Crippen LogP contribution in [-0.2, 0) is 32.6 Å². The first-order valence-electron chi connectivity index (χ1n) is 11.1. The Morgan fingerprint density at radius 2 is 1.53 bits per heavy atom. The van der Waals surface area contributed by atoms with E-state index in [-0.39, 0.29) is 30.6 Å². The van der Waals surface area contributed by atoms with Crippen LogP contribution in [0.25, 0.3) is 0 Å². The quantitative estimate of drug-likeness (QED) is 0.425. The lowest BCUT2D eigenvalue weighted by atomic mass is 10.1. The van der Waals surface area contributed by atoms with Crippen LogP contribution in [0, 0.1) is 13.8 Å². The number of benzene rings is 2. The maximum Gasteiger partial charge on any atom is 0.248 e. The van der Waals surface area contributed by atoms with Gasteiger partial charge in [-0.2, -0.15) is 4.31 Å². The van der Waals surface area contributed by atoms with E-state index in [4.69, 9.17) is 9.47 Å². The number of carbonyl (C=O) groups excluding carboxylic acids is 1.